The van der Waals surface area contributed by atoms with E-state index in [0.29, 0.717) is 10.8 Å². The smallest absolute Gasteiger partial charge is 0.0464 e. The third-order valence-electron chi connectivity index (χ3n) is 3.86. The van der Waals surface area contributed by atoms with Crippen molar-refractivity contribution in [2.45, 2.75) is 37.0 Å². The lowest BCUT2D eigenvalue weighted by Crippen LogP contribution is -2.44. The fourth-order valence-corrected chi connectivity index (χ4v) is 4.09. The molecule has 0 amide bonds. The van der Waals surface area contributed by atoms with Crippen LogP contribution in [0.5, 0.6) is 0 Å². The summed E-state index contributed by atoms with van der Waals surface area (Å²) in [5, 5.41) is 4.46. The van der Waals surface area contributed by atoms with Crippen LogP contribution in [-0.2, 0) is 0 Å². The second-order valence-corrected chi connectivity index (χ2v) is 7.61. The lowest BCUT2D eigenvalue weighted by molar-refractivity contribution is 0.334. The van der Waals surface area contributed by atoms with Crippen LogP contribution in [0.4, 0.5) is 0 Å². The van der Waals surface area contributed by atoms with Gasteiger partial charge in [0.15, 0.2) is 0 Å². The van der Waals surface area contributed by atoms with Crippen LogP contribution in [0, 0.1) is 0 Å². The first-order valence-corrected chi connectivity index (χ1v) is 8.69. The molecule has 1 aliphatic rings. The van der Waals surface area contributed by atoms with E-state index < -0.39 is 0 Å². The SMILES string of the molecule is CSC1(CNC(C)c2ccc(Br)cc2Cl)CCC1. The Morgan fingerprint density at radius 1 is 1.50 bits per heavy atom. The Morgan fingerprint density at radius 3 is 2.72 bits per heavy atom. The Hall–Kier alpha value is 0.300. The van der Waals surface area contributed by atoms with Gasteiger partial charge in [-0.3, -0.25) is 0 Å². The van der Waals surface area contributed by atoms with Gasteiger partial charge < -0.3 is 5.32 Å². The first-order valence-electron chi connectivity index (χ1n) is 6.30. The lowest BCUT2D eigenvalue weighted by atomic mass is 9.84. The molecule has 100 valence electrons. The lowest BCUT2D eigenvalue weighted by Gasteiger charge is -2.41. The largest absolute Gasteiger partial charge is 0.309 e. The molecular weight excluding hydrogens is 330 g/mol. The molecule has 1 saturated carbocycles. The summed E-state index contributed by atoms with van der Waals surface area (Å²) in [6.07, 6.45) is 6.26. The molecular formula is C14H19BrClNS. The molecule has 1 atom stereocenters. The van der Waals surface area contributed by atoms with Gasteiger partial charge >= 0.3 is 0 Å². The van der Waals surface area contributed by atoms with Crippen LogP contribution in [0.15, 0.2) is 22.7 Å². The van der Waals surface area contributed by atoms with Crippen LogP contribution in [0.1, 0.15) is 37.8 Å². The van der Waals surface area contributed by atoms with Gasteiger partial charge in [0, 0.05) is 26.8 Å². The molecule has 0 spiro atoms. The summed E-state index contributed by atoms with van der Waals surface area (Å²) in [6.45, 7) is 3.25. The number of benzene rings is 1. The molecule has 0 heterocycles. The van der Waals surface area contributed by atoms with Crippen LogP contribution in [0.2, 0.25) is 5.02 Å². The summed E-state index contributed by atoms with van der Waals surface area (Å²) >= 11 is 11.7. The van der Waals surface area contributed by atoms with E-state index in [1.807, 2.05) is 23.9 Å². The van der Waals surface area contributed by atoms with Crippen LogP contribution < -0.4 is 5.32 Å². The zero-order valence-corrected chi connectivity index (χ0v) is 14.0. The first kappa shape index (κ1) is 14.7. The highest BCUT2D eigenvalue weighted by Crippen LogP contribution is 2.42. The number of halogens is 2. The van der Waals surface area contributed by atoms with Crippen molar-refractivity contribution in [3.63, 3.8) is 0 Å². The van der Waals surface area contributed by atoms with E-state index >= 15 is 0 Å². The van der Waals surface area contributed by atoms with Crippen molar-refractivity contribution in [3.8, 4) is 0 Å². The van der Waals surface area contributed by atoms with Gasteiger partial charge in [0.2, 0.25) is 0 Å². The fraction of sp³-hybridized carbons (Fsp3) is 0.571. The summed E-state index contributed by atoms with van der Waals surface area (Å²) in [6, 6.07) is 6.40. The third kappa shape index (κ3) is 3.24. The minimum atomic E-state index is 0.301. The number of hydrogen-bond acceptors (Lipinski definition) is 2. The normalized spacial score (nSPS) is 19.3. The van der Waals surface area contributed by atoms with Gasteiger partial charge in [0.05, 0.1) is 0 Å². The van der Waals surface area contributed by atoms with E-state index in [9.17, 15) is 0 Å². The average molecular weight is 349 g/mol. The summed E-state index contributed by atoms with van der Waals surface area (Å²) in [5.41, 5.74) is 1.18. The van der Waals surface area contributed by atoms with E-state index in [-0.39, 0.29) is 0 Å². The molecule has 0 aliphatic heterocycles. The molecule has 1 fully saturated rings. The Bertz CT molecular complexity index is 415. The van der Waals surface area contributed by atoms with Crippen molar-refractivity contribution in [1.82, 2.24) is 5.32 Å². The summed E-state index contributed by atoms with van der Waals surface area (Å²) < 4.78 is 1.50. The third-order valence-corrected chi connectivity index (χ3v) is 6.10. The van der Waals surface area contributed by atoms with Gasteiger partial charge in [-0.05, 0) is 43.7 Å². The minimum absolute atomic E-state index is 0.301. The van der Waals surface area contributed by atoms with Gasteiger partial charge in [-0.2, -0.15) is 11.8 Å². The standard InChI is InChI=1S/C14H19BrClNS/c1-10(12-5-4-11(15)8-13(12)16)17-9-14(18-2)6-3-7-14/h4-5,8,10,17H,3,6-7,9H2,1-2H3. The molecule has 2 rings (SSSR count). The fourth-order valence-electron chi connectivity index (χ4n) is 2.33. The van der Waals surface area contributed by atoms with Crippen LogP contribution >= 0.6 is 39.3 Å². The second-order valence-electron chi connectivity index (χ2n) is 5.01. The molecule has 4 heteroatoms. The zero-order valence-electron chi connectivity index (χ0n) is 10.8. The van der Waals surface area contributed by atoms with Gasteiger partial charge in [0.1, 0.15) is 0 Å². The van der Waals surface area contributed by atoms with Gasteiger partial charge in [-0.1, -0.05) is 40.0 Å². The Labute approximate surface area is 127 Å². The summed E-state index contributed by atoms with van der Waals surface area (Å²) in [7, 11) is 0. The first-order chi connectivity index (χ1) is 8.56. The molecule has 0 saturated heterocycles. The van der Waals surface area contributed by atoms with Crippen molar-refractivity contribution in [1.29, 1.82) is 0 Å². The number of nitrogens with one attached hydrogen (secondary N) is 1. The van der Waals surface area contributed by atoms with E-state index in [4.69, 9.17) is 11.6 Å². The van der Waals surface area contributed by atoms with E-state index in [1.165, 1.54) is 24.8 Å². The molecule has 1 unspecified atom stereocenters. The maximum Gasteiger partial charge on any atom is 0.0464 e. The minimum Gasteiger partial charge on any atom is -0.309 e. The maximum absolute atomic E-state index is 6.28. The number of thioether (sulfide) groups is 1. The molecule has 1 nitrogen and oxygen atoms in total. The van der Waals surface area contributed by atoms with Crippen LogP contribution in [0.3, 0.4) is 0 Å². The topological polar surface area (TPSA) is 12.0 Å². The van der Waals surface area contributed by atoms with Crippen molar-refractivity contribution in [3.05, 3.63) is 33.3 Å². The van der Waals surface area contributed by atoms with E-state index in [2.05, 4.69) is 40.5 Å². The Balaban J connectivity index is 1.97. The molecule has 18 heavy (non-hydrogen) atoms. The quantitative estimate of drug-likeness (QED) is 0.800. The monoisotopic (exact) mass is 347 g/mol. The number of hydrogen-bond donors (Lipinski definition) is 1. The molecule has 1 aromatic rings. The van der Waals surface area contributed by atoms with Crippen molar-refractivity contribution >= 4 is 39.3 Å². The average Bonchev–Trinajstić information content (AvgIpc) is 2.27. The summed E-state index contributed by atoms with van der Waals surface area (Å²) in [5.74, 6) is 0. The van der Waals surface area contributed by atoms with Gasteiger partial charge in [-0.25, -0.2) is 0 Å². The molecule has 0 aromatic heterocycles. The highest BCUT2D eigenvalue weighted by molar-refractivity contribution is 9.10. The van der Waals surface area contributed by atoms with Gasteiger partial charge in [-0.15, -0.1) is 0 Å². The van der Waals surface area contributed by atoms with Crippen molar-refractivity contribution < 1.29 is 0 Å². The molecule has 0 bridgehead atoms. The second kappa shape index (κ2) is 6.17. The Morgan fingerprint density at radius 2 is 2.22 bits per heavy atom. The van der Waals surface area contributed by atoms with Crippen molar-refractivity contribution in [2.24, 2.45) is 0 Å². The predicted octanol–water partition coefficient (Wildman–Crippen LogP) is 5.04. The maximum atomic E-state index is 6.28. The highest BCUT2D eigenvalue weighted by Gasteiger charge is 2.36. The molecule has 1 aromatic carbocycles. The summed E-state index contributed by atoms with van der Waals surface area (Å²) in [4.78, 5) is 0. The van der Waals surface area contributed by atoms with E-state index in [0.717, 1.165) is 16.0 Å². The highest BCUT2D eigenvalue weighted by atomic mass is 79.9. The molecule has 1 aliphatic carbocycles. The van der Waals surface area contributed by atoms with Crippen molar-refractivity contribution in [2.75, 3.05) is 12.8 Å². The van der Waals surface area contributed by atoms with Crippen LogP contribution in [0.25, 0.3) is 0 Å². The molecule has 0 radical (unpaired) electrons. The Kier molecular flexibility index (Phi) is 5.04. The van der Waals surface area contributed by atoms with Gasteiger partial charge in [0.25, 0.3) is 0 Å². The predicted molar refractivity (Wildman–Crippen MR) is 85.7 cm³/mol. The van der Waals surface area contributed by atoms with Crippen LogP contribution in [-0.4, -0.2) is 17.5 Å². The molecule has 1 N–H and O–H groups in total. The number of rotatable bonds is 5. The van der Waals surface area contributed by atoms with E-state index in [1.54, 1.807) is 0 Å². The zero-order chi connectivity index (χ0) is 13.2.